The number of aromatic nitrogens is 2. The second-order valence-corrected chi connectivity index (χ2v) is 4.74. The molecule has 0 aliphatic rings. The molecule has 0 aliphatic heterocycles. The molecule has 11 heavy (non-hydrogen) atoms. The van der Waals surface area contributed by atoms with Gasteiger partial charge in [-0.25, -0.2) is 4.98 Å². The Hall–Kier alpha value is -0.310. The maximum Gasteiger partial charge on any atom is 0.124 e. The second-order valence-electron chi connectivity index (χ2n) is 3.93. The zero-order valence-corrected chi connectivity index (χ0v) is 8.72. The lowest BCUT2D eigenvalue weighted by atomic mass is 9.97. The Balaban J connectivity index is 2.65. The Kier molecular flexibility index (Phi) is 2.37. The fourth-order valence-electron chi connectivity index (χ4n) is 0.967. The minimum absolute atomic E-state index is 0.320. The summed E-state index contributed by atoms with van der Waals surface area (Å²) in [6.45, 7) is 7.63. The minimum atomic E-state index is 0.320. The van der Waals surface area contributed by atoms with Crippen LogP contribution in [0.5, 0.6) is 0 Å². The first-order chi connectivity index (χ1) is 4.97. The first-order valence-corrected chi connectivity index (χ1v) is 4.44. The summed E-state index contributed by atoms with van der Waals surface area (Å²) in [7, 11) is 0. The van der Waals surface area contributed by atoms with Gasteiger partial charge in [0.1, 0.15) is 4.60 Å². The molecule has 0 radical (unpaired) electrons. The fourth-order valence-corrected chi connectivity index (χ4v) is 1.32. The fraction of sp³-hybridized carbons (Fsp3) is 0.625. The van der Waals surface area contributed by atoms with Gasteiger partial charge in [0, 0.05) is 12.7 Å². The average molecular weight is 217 g/mol. The molecule has 0 amide bonds. The van der Waals surface area contributed by atoms with E-state index >= 15 is 0 Å². The quantitative estimate of drug-likeness (QED) is 0.707. The molecule has 1 rings (SSSR count). The van der Waals surface area contributed by atoms with Crippen LogP contribution >= 0.6 is 15.9 Å². The predicted octanol–water partition coefficient (Wildman–Crippen LogP) is 2.69. The summed E-state index contributed by atoms with van der Waals surface area (Å²) in [4.78, 5) is 4.08. The molecule has 2 nitrogen and oxygen atoms in total. The molecule has 0 aliphatic carbocycles. The van der Waals surface area contributed by atoms with E-state index in [9.17, 15) is 0 Å². The monoisotopic (exact) mass is 216 g/mol. The van der Waals surface area contributed by atoms with Gasteiger partial charge in [0.05, 0.1) is 6.33 Å². The van der Waals surface area contributed by atoms with Crippen LogP contribution in [0.2, 0.25) is 0 Å². The molecule has 62 valence electrons. The maximum atomic E-state index is 4.08. The van der Waals surface area contributed by atoms with Crippen molar-refractivity contribution in [3.8, 4) is 0 Å². The van der Waals surface area contributed by atoms with Crippen LogP contribution in [0.25, 0.3) is 0 Å². The van der Waals surface area contributed by atoms with Crippen LogP contribution in [0.15, 0.2) is 17.1 Å². The van der Waals surface area contributed by atoms with E-state index in [1.54, 1.807) is 0 Å². The zero-order chi connectivity index (χ0) is 8.48. The van der Waals surface area contributed by atoms with E-state index in [0.717, 1.165) is 11.1 Å². The summed E-state index contributed by atoms with van der Waals surface area (Å²) >= 11 is 3.31. The van der Waals surface area contributed by atoms with Crippen molar-refractivity contribution in [2.75, 3.05) is 0 Å². The maximum absolute atomic E-state index is 4.08. The van der Waals surface area contributed by atoms with E-state index in [4.69, 9.17) is 0 Å². The van der Waals surface area contributed by atoms with E-state index in [1.807, 2.05) is 12.5 Å². The summed E-state index contributed by atoms with van der Waals surface area (Å²) < 4.78 is 2.99. The van der Waals surface area contributed by atoms with E-state index in [-0.39, 0.29) is 0 Å². The third-order valence-electron chi connectivity index (χ3n) is 1.26. The van der Waals surface area contributed by atoms with Crippen molar-refractivity contribution in [1.29, 1.82) is 0 Å². The normalized spacial score (nSPS) is 12.0. The highest BCUT2D eigenvalue weighted by molar-refractivity contribution is 9.10. The molecule has 0 saturated carbocycles. The van der Waals surface area contributed by atoms with Gasteiger partial charge in [-0.2, -0.15) is 0 Å². The van der Waals surface area contributed by atoms with Gasteiger partial charge in [-0.3, -0.25) is 0 Å². The largest absolute Gasteiger partial charge is 0.336 e. The van der Waals surface area contributed by atoms with Gasteiger partial charge < -0.3 is 4.57 Å². The van der Waals surface area contributed by atoms with Gasteiger partial charge in [-0.15, -0.1) is 0 Å². The zero-order valence-electron chi connectivity index (χ0n) is 7.13. The molecule has 0 atom stereocenters. The van der Waals surface area contributed by atoms with Gasteiger partial charge in [-0.1, -0.05) is 20.8 Å². The van der Waals surface area contributed by atoms with E-state index < -0.39 is 0 Å². The summed E-state index contributed by atoms with van der Waals surface area (Å²) in [5.74, 6) is 0. The van der Waals surface area contributed by atoms with Crippen molar-refractivity contribution in [3.05, 3.63) is 17.1 Å². The van der Waals surface area contributed by atoms with E-state index in [0.29, 0.717) is 5.41 Å². The molecule has 0 unspecified atom stereocenters. The van der Waals surface area contributed by atoms with Crippen molar-refractivity contribution in [2.24, 2.45) is 5.41 Å². The Labute approximate surface area is 75.8 Å². The summed E-state index contributed by atoms with van der Waals surface area (Å²) in [5, 5.41) is 0. The van der Waals surface area contributed by atoms with E-state index in [1.165, 1.54) is 0 Å². The van der Waals surface area contributed by atoms with Crippen LogP contribution in [0.3, 0.4) is 0 Å². The molecule has 0 fully saturated rings. The highest BCUT2D eigenvalue weighted by Gasteiger charge is 2.10. The van der Waals surface area contributed by atoms with Crippen molar-refractivity contribution in [1.82, 2.24) is 9.55 Å². The van der Waals surface area contributed by atoms with Crippen LogP contribution < -0.4 is 0 Å². The van der Waals surface area contributed by atoms with Gasteiger partial charge in [0.25, 0.3) is 0 Å². The number of hydrogen-bond acceptors (Lipinski definition) is 1. The third kappa shape index (κ3) is 3.06. The Bertz CT molecular complexity index is 234. The molecule has 0 N–H and O–H groups in total. The lowest BCUT2D eigenvalue weighted by Crippen LogP contribution is -2.13. The van der Waals surface area contributed by atoms with Gasteiger partial charge in [0.15, 0.2) is 0 Å². The molecule has 1 heterocycles. The van der Waals surface area contributed by atoms with Crippen molar-refractivity contribution in [2.45, 2.75) is 27.3 Å². The highest BCUT2D eigenvalue weighted by atomic mass is 79.9. The molecular weight excluding hydrogens is 204 g/mol. The number of imidazole rings is 1. The third-order valence-corrected chi connectivity index (χ3v) is 1.67. The van der Waals surface area contributed by atoms with Gasteiger partial charge >= 0.3 is 0 Å². The molecule has 0 aromatic carbocycles. The van der Waals surface area contributed by atoms with Crippen LogP contribution in [0.4, 0.5) is 0 Å². The molecule has 1 aromatic heterocycles. The number of hydrogen-bond donors (Lipinski definition) is 0. The van der Waals surface area contributed by atoms with Crippen LogP contribution in [0, 0.1) is 5.41 Å². The Morgan fingerprint density at radius 3 is 2.55 bits per heavy atom. The standard InChI is InChI=1S/C8H13BrN2/c1-8(2,3)5-11-4-7(9)10-6-11/h4,6H,5H2,1-3H3. The lowest BCUT2D eigenvalue weighted by Gasteiger charge is -2.17. The number of nitrogens with zero attached hydrogens (tertiary/aromatic N) is 2. The predicted molar refractivity (Wildman–Crippen MR) is 49.4 cm³/mol. The Morgan fingerprint density at radius 2 is 2.18 bits per heavy atom. The van der Waals surface area contributed by atoms with Crippen molar-refractivity contribution < 1.29 is 0 Å². The Morgan fingerprint density at radius 1 is 1.55 bits per heavy atom. The van der Waals surface area contributed by atoms with E-state index in [2.05, 4.69) is 46.3 Å². The molecule has 3 heteroatoms. The first kappa shape index (κ1) is 8.78. The molecule has 1 aromatic rings. The van der Waals surface area contributed by atoms with Crippen molar-refractivity contribution in [3.63, 3.8) is 0 Å². The highest BCUT2D eigenvalue weighted by Crippen LogP contribution is 2.17. The number of halogens is 1. The van der Waals surface area contributed by atoms with Crippen LogP contribution in [-0.2, 0) is 6.54 Å². The number of rotatable bonds is 1. The molecule has 0 spiro atoms. The smallest absolute Gasteiger partial charge is 0.124 e. The average Bonchev–Trinajstić information content (AvgIpc) is 2.10. The molecule has 0 bridgehead atoms. The van der Waals surface area contributed by atoms with Gasteiger partial charge in [-0.05, 0) is 21.3 Å². The van der Waals surface area contributed by atoms with Crippen LogP contribution in [-0.4, -0.2) is 9.55 Å². The summed E-state index contributed by atoms with van der Waals surface area (Å²) in [6.07, 6.45) is 3.83. The minimum Gasteiger partial charge on any atom is -0.336 e. The first-order valence-electron chi connectivity index (χ1n) is 3.65. The summed E-state index contributed by atoms with van der Waals surface area (Å²) in [6, 6.07) is 0. The SMILES string of the molecule is CC(C)(C)Cn1cnc(Br)c1. The second kappa shape index (κ2) is 2.97. The lowest BCUT2D eigenvalue weighted by molar-refractivity contribution is 0.343. The van der Waals surface area contributed by atoms with Crippen LogP contribution in [0.1, 0.15) is 20.8 Å². The topological polar surface area (TPSA) is 17.8 Å². The molecular formula is C8H13BrN2. The summed E-state index contributed by atoms with van der Waals surface area (Å²) in [5.41, 5.74) is 0.320. The van der Waals surface area contributed by atoms with Gasteiger partial charge in [0.2, 0.25) is 0 Å². The molecule has 0 saturated heterocycles. The van der Waals surface area contributed by atoms with Crippen molar-refractivity contribution >= 4 is 15.9 Å².